The van der Waals surface area contributed by atoms with Gasteiger partial charge in [-0.3, -0.25) is 0 Å². The second-order valence-electron chi connectivity index (χ2n) is 5.49. The van der Waals surface area contributed by atoms with Crippen LogP contribution in [0.5, 0.6) is 0 Å². The normalized spacial score (nSPS) is 25.3. The van der Waals surface area contributed by atoms with Crippen molar-refractivity contribution in [2.45, 2.75) is 44.8 Å². The third kappa shape index (κ3) is 3.98. The van der Waals surface area contributed by atoms with E-state index in [1.165, 1.54) is 6.07 Å². The molecule has 0 amide bonds. The predicted molar refractivity (Wildman–Crippen MR) is 70.7 cm³/mol. The first kappa shape index (κ1) is 14.4. The number of hydrogen-bond acceptors (Lipinski definition) is 2. The number of nitrogens with one attached hydrogen (secondary N) is 1. The SMILES string of the molecule is CC(NCC1CCCC(O)C1)c1ccc(F)c(F)c1. The Hall–Kier alpha value is -1.00. The molecule has 2 nitrogen and oxygen atoms in total. The van der Waals surface area contributed by atoms with Crippen molar-refractivity contribution in [2.75, 3.05) is 6.54 Å². The molecule has 0 aromatic heterocycles. The molecule has 2 N–H and O–H groups in total. The molecule has 19 heavy (non-hydrogen) atoms. The summed E-state index contributed by atoms with van der Waals surface area (Å²) in [4.78, 5) is 0. The summed E-state index contributed by atoms with van der Waals surface area (Å²) < 4.78 is 26.0. The zero-order valence-corrected chi connectivity index (χ0v) is 11.2. The maximum atomic E-state index is 13.1. The highest BCUT2D eigenvalue weighted by atomic mass is 19.2. The Balaban J connectivity index is 1.86. The first-order chi connectivity index (χ1) is 9.06. The van der Waals surface area contributed by atoms with E-state index in [0.717, 1.165) is 43.9 Å². The molecule has 1 fully saturated rings. The highest BCUT2D eigenvalue weighted by Gasteiger charge is 2.20. The van der Waals surface area contributed by atoms with Gasteiger partial charge in [0.1, 0.15) is 0 Å². The number of aliphatic hydroxyl groups excluding tert-OH is 1. The summed E-state index contributed by atoms with van der Waals surface area (Å²) in [6.07, 6.45) is 3.73. The molecule has 0 radical (unpaired) electrons. The van der Waals surface area contributed by atoms with E-state index < -0.39 is 11.6 Å². The average molecular weight is 269 g/mol. The van der Waals surface area contributed by atoms with Crippen molar-refractivity contribution in [1.82, 2.24) is 5.32 Å². The summed E-state index contributed by atoms with van der Waals surface area (Å²) in [5.41, 5.74) is 0.746. The summed E-state index contributed by atoms with van der Waals surface area (Å²) in [5.74, 6) is -1.15. The fraction of sp³-hybridized carbons (Fsp3) is 0.600. The van der Waals surface area contributed by atoms with E-state index in [-0.39, 0.29) is 12.1 Å². The topological polar surface area (TPSA) is 32.3 Å². The molecular weight excluding hydrogens is 248 g/mol. The molecule has 0 bridgehead atoms. The van der Waals surface area contributed by atoms with Gasteiger partial charge < -0.3 is 10.4 Å². The Kier molecular flexibility index (Phi) is 4.88. The van der Waals surface area contributed by atoms with Crippen molar-refractivity contribution in [3.8, 4) is 0 Å². The number of rotatable bonds is 4. The van der Waals surface area contributed by atoms with Crippen LogP contribution < -0.4 is 5.32 Å². The zero-order chi connectivity index (χ0) is 13.8. The van der Waals surface area contributed by atoms with E-state index in [1.54, 1.807) is 6.07 Å². The van der Waals surface area contributed by atoms with E-state index in [0.29, 0.717) is 5.92 Å². The summed E-state index contributed by atoms with van der Waals surface area (Å²) in [5, 5.41) is 12.9. The Bertz CT molecular complexity index is 425. The van der Waals surface area contributed by atoms with Crippen molar-refractivity contribution < 1.29 is 13.9 Å². The molecule has 2 rings (SSSR count). The van der Waals surface area contributed by atoms with Gasteiger partial charge in [0.05, 0.1) is 6.10 Å². The summed E-state index contributed by atoms with van der Waals surface area (Å²) >= 11 is 0. The first-order valence-corrected chi connectivity index (χ1v) is 6.92. The van der Waals surface area contributed by atoms with Crippen LogP contribution in [0.15, 0.2) is 18.2 Å². The van der Waals surface area contributed by atoms with Gasteiger partial charge in [-0.05, 0) is 56.3 Å². The van der Waals surface area contributed by atoms with Crippen molar-refractivity contribution in [3.05, 3.63) is 35.4 Å². The van der Waals surface area contributed by atoms with Gasteiger partial charge in [0.15, 0.2) is 11.6 Å². The molecule has 4 heteroatoms. The van der Waals surface area contributed by atoms with Crippen LogP contribution in [0.2, 0.25) is 0 Å². The quantitative estimate of drug-likeness (QED) is 0.880. The van der Waals surface area contributed by atoms with Crippen molar-refractivity contribution in [3.63, 3.8) is 0 Å². The molecule has 3 atom stereocenters. The molecule has 106 valence electrons. The van der Waals surface area contributed by atoms with Crippen LogP contribution >= 0.6 is 0 Å². The molecule has 3 unspecified atom stereocenters. The highest BCUT2D eigenvalue weighted by molar-refractivity contribution is 5.20. The maximum absolute atomic E-state index is 13.1. The molecule has 0 aliphatic heterocycles. The van der Waals surface area contributed by atoms with E-state index in [9.17, 15) is 13.9 Å². The molecule has 1 aromatic rings. The fourth-order valence-corrected chi connectivity index (χ4v) is 2.69. The lowest BCUT2D eigenvalue weighted by molar-refractivity contribution is 0.0998. The lowest BCUT2D eigenvalue weighted by atomic mass is 9.87. The van der Waals surface area contributed by atoms with E-state index in [1.807, 2.05) is 6.92 Å². The van der Waals surface area contributed by atoms with E-state index >= 15 is 0 Å². The number of aliphatic hydroxyl groups is 1. The molecule has 1 aromatic carbocycles. The van der Waals surface area contributed by atoms with E-state index in [2.05, 4.69) is 5.32 Å². The van der Waals surface area contributed by atoms with Crippen molar-refractivity contribution >= 4 is 0 Å². The van der Waals surface area contributed by atoms with Gasteiger partial charge in [-0.2, -0.15) is 0 Å². The van der Waals surface area contributed by atoms with Crippen LogP contribution in [0, 0.1) is 17.6 Å². The first-order valence-electron chi connectivity index (χ1n) is 6.92. The van der Waals surface area contributed by atoms with Crippen LogP contribution in [0.3, 0.4) is 0 Å². The van der Waals surface area contributed by atoms with Gasteiger partial charge in [-0.25, -0.2) is 8.78 Å². The Morgan fingerprint density at radius 1 is 1.32 bits per heavy atom. The minimum Gasteiger partial charge on any atom is -0.393 e. The molecule has 0 spiro atoms. The molecule has 1 aliphatic rings. The van der Waals surface area contributed by atoms with Gasteiger partial charge >= 0.3 is 0 Å². The number of halogens is 2. The second kappa shape index (κ2) is 6.44. The number of hydrogen-bond donors (Lipinski definition) is 2. The Morgan fingerprint density at radius 3 is 2.79 bits per heavy atom. The maximum Gasteiger partial charge on any atom is 0.159 e. The van der Waals surface area contributed by atoms with Crippen LogP contribution in [-0.2, 0) is 0 Å². The molecule has 0 saturated heterocycles. The number of benzene rings is 1. The van der Waals surface area contributed by atoms with Gasteiger partial charge in [-0.15, -0.1) is 0 Å². The summed E-state index contributed by atoms with van der Waals surface area (Å²) in [6.45, 7) is 2.74. The van der Waals surface area contributed by atoms with Gasteiger partial charge in [-0.1, -0.05) is 12.5 Å². The standard InChI is InChI=1S/C15H21F2NO/c1-10(12-5-6-14(16)15(17)8-12)18-9-11-3-2-4-13(19)7-11/h5-6,8,10-11,13,18-19H,2-4,7,9H2,1H3. The van der Waals surface area contributed by atoms with Crippen LogP contribution in [0.1, 0.15) is 44.2 Å². The second-order valence-corrected chi connectivity index (χ2v) is 5.49. The Labute approximate surface area is 112 Å². The van der Waals surface area contributed by atoms with Crippen molar-refractivity contribution in [2.24, 2.45) is 5.92 Å². The van der Waals surface area contributed by atoms with Gasteiger partial charge in [0.2, 0.25) is 0 Å². The zero-order valence-electron chi connectivity index (χ0n) is 11.2. The third-order valence-corrected chi connectivity index (χ3v) is 3.91. The molecular formula is C15H21F2NO. The molecule has 0 heterocycles. The molecule has 1 saturated carbocycles. The molecule has 1 aliphatic carbocycles. The van der Waals surface area contributed by atoms with Crippen LogP contribution in [0.4, 0.5) is 8.78 Å². The van der Waals surface area contributed by atoms with E-state index in [4.69, 9.17) is 0 Å². The van der Waals surface area contributed by atoms with Crippen molar-refractivity contribution in [1.29, 1.82) is 0 Å². The minimum absolute atomic E-state index is 0.0193. The Morgan fingerprint density at radius 2 is 2.11 bits per heavy atom. The minimum atomic E-state index is -0.814. The lowest BCUT2D eigenvalue weighted by Gasteiger charge is -2.27. The smallest absolute Gasteiger partial charge is 0.159 e. The third-order valence-electron chi connectivity index (χ3n) is 3.91. The monoisotopic (exact) mass is 269 g/mol. The summed E-state index contributed by atoms with van der Waals surface area (Å²) in [6, 6.07) is 3.98. The highest BCUT2D eigenvalue weighted by Crippen LogP contribution is 2.24. The van der Waals surface area contributed by atoms with Gasteiger partial charge in [0, 0.05) is 6.04 Å². The largest absolute Gasteiger partial charge is 0.393 e. The predicted octanol–water partition coefficient (Wildman–Crippen LogP) is 3.17. The average Bonchev–Trinajstić information content (AvgIpc) is 2.39. The van der Waals surface area contributed by atoms with Crippen LogP contribution in [0.25, 0.3) is 0 Å². The van der Waals surface area contributed by atoms with Gasteiger partial charge in [0.25, 0.3) is 0 Å². The van der Waals surface area contributed by atoms with Crippen LogP contribution in [-0.4, -0.2) is 17.8 Å². The summed E-state index contributed by atoms with van der Waals surface area (Å²) in [7, 11) is 0. The fourth-order valence-electron chi connectivity index (χ4n) is 2.69. The lowest BCUT2D eigenvalue weighted by Crippen LogP contribution is -2.30.